The van der Waals surface area contributed by atoms with E-state index in [9.17, 15) is 4.79 Å². The molecule has 0 bridgehead atoms. The van der Waals surface area contributed by atoms with Crippen molar-refractivity contribution in [3.05, 3.63) is 29.3 Å². The number of carbonyl (C=O) groups is 1. The van der Waals surface area contributed by atoms with Crippen molar-refractivity contribution in [2.45, 2.75) is 96.9 Å². The summed E-state index contributed by atoms with van der Waals surface area (Å²) in [6, 6.07) is 9.44. The SMILES string of the molecule is CC(C)(C)c1cc(N2CCN(CC[C@H]3CC[C@H](NC(=O)CC#N)CC3)CC2)cc(C(C)(C)C)c1. The first-order valence-electron chi connectivity index (χ1n) is 13.3. The third-order valence-corrected chi connectivity index (χ3v) is 7.69. The Kier molecular flexibility index (Phi) is 8.68. The Bertz CT molecular complexity index is 825. The molecule has 1 aromatic carbocycles. The molecule has 0 spiro atoms. The highest BCUT2D eigenvalue weighted by molar-refractivity contribution is 5.78. The molecule has 2 aliphatic rings. The number of rotatable bonds is 6. The summed E-state index contributed by atoms with van der Waals surface area (Å²) in [5.74, 6) is 0.645. The molecular weight excluding hydrogens is 420 g/mol. The fourth-order valence-corrected chi connectivity index (χ4v) is 5.20. The Labute approximate surface area is 207 Å². The van der Waals surface area contributed by atoms with Gasteiger partial charge in [-0.25, -0.2) is 0 Å². The molecule has 0 radical (unpaired) electrons. The molecule has 1 aliphatic heterocycles. The van der Waals surface area contributed by atoms with Crippen LogP contribution < -0.4 is 10.2 Å². The highest BCUT2D eigenvalue weighted by atomic mass is 16.1. The van der Waals surface area contributed by atoms with E-state index in [1.54, 1.807) is 0 Å². The molecule has 3 rings (SSSR count). The van der Waals surface area contributed by atoms with Crippen LogP contribution >= 0.6 is 0 Å². The van der Waals surface area contributed by atoms with Crippen molar-refractivity contribution in [2.24, 2.45) is 5.92 Å². The van der Waals surface area contributed by atoms with Gasteiger partial charge in [-0.2, -0.15) is 5.26 Å². The van der Waals surface area contributed by atoms with Gasteiger partial charge in [-0.3, -0.25) is 9.69 Å². The zero-order chi connectivity index (χ0) is 24.9. The van der Waals surface area contributed by atoms with Gasteiger partial charge in [0, 0.05) is 37.9 Å². The van der Waals surface area contributed by atoms with E-state index in [1.165, 1.54) is 42.6 Å². The monoisotopic (exact) mass is 466 g/mol. The van der Waals surface area contributed by atoms with Crippen LogP contribution in [-0.2, 0) is 15.6 Å². The largest absolute Gasteiger partial charge is 0.369 e. The molecule has 0 unspecified atom stereocenters. The number of hydrogen-bond donors (Lipinski definition) is 1. The molecule has 188 valence electrons. The van der Waals surface area contributed by atoms with E-state index >= 15 is 0 Å². The standard InChI is InChI=1S/C29H46N4O/c1-28(2,3)23-19-24(29(4,5)6)21-26(20-23)33-17-15-32(16-18-33)14-12-22-7-9-25(10-8-22)31-27(34)11-13-30/h19-22,25H,7-12,14-18H2,1-6H3,(H,31,34)/t22-,25-. The smallest absolute Gasteiger partial charge is 0.234 e. The second-order valence-corrected chi connectivity index (χ2v) is 12.5. The van der Waals surface area contributed by atoms with Crippen molar-refractivity contribution < 1.29 is 4.79 Å². The molecule has 1 heterocycles. The van der Waals surface area contributed by atoms with Gasteiger partial charge < -0.3 is 10.2 Å². The number of carbonyl (C=O) groups excluding carboxylic acids is 1. The summed E-state index contributed by atoms with van der Waals surface area (Å²) in [7, 11) is 0. The quantitative estimate of drug-likeness (QED) is 0.611. The van der Waals surface area contributed by atoms with Crippen molar-refractivity contribution in [3.63, 3.8) is 0 Å². The second-order valence-electron chi connectivity index (χ2n) is 12.5. The lowest BCUT2D eigenvalue weighted by Crippen LogP contribution is -2.47. The van der Waals surface area contributed by atoms with E-state index in [-0.39, 0.29) is 29.2 Å². The zero-order valence-corrected chi connectivity index (χ0v) is 22.4. The van der Waals surface area contributed by atoms with Gasteiger partial charge in [0.1, 0.15) is 6.42 Å². The fourth-order valence-electron chi connectivity index (χ4n) is 5.20. The summed E-state index contributed by atoms with van der Waals surface area (Å²) in [5, 5.41) is 11.7. The Morgan fingerprint density at radius 3 is 2.00 bits per heavy atom. The van der Waals surface area contributed by atoms with Gasteiger partial charge in [-0.15, -0.1) is 0 Å². The van der Waals surface area contributed by atoms with E-state index in [0.29, 0.717) is 0 Å². The van der Waals surface area contributed by atoms with Gasteiger partial charge in [-0.1, -0.05) is 47.6 Å². The van der Waals surface area contributed by atoms with Crippen molar-refractivity contribution in [2.75, 3.05) is 37.6 Å². The lowest BCUT2D eigenvalue weighted by molar-refractivity contribution is -0.121. The number of piperazine rings is 1. The third-order valence-electron chi connectivity index (χ3n) is 7.69. The van der Waals surface area contributed by atoms with Gasteiger partial charge in [0.05, 0.1) is 6.07 Å². The average molecular weight is 467 g/mol. The van der Waals surface area contributed by atoms with Crippen LogP contribution in [0.1, 0.15) is 91.2 Å². The van der Waals surface area contributed by atoms with Crippen LogP contribution in [0.5, 0.6) is 0 Å². The first kappa shape index (κ1) is 26.5. The molecule has 5 heteroatoms. The van der Waals surface area contributed by atoms with Crippen molar-refractivity contribution in [1.82, 2.24) is 10.2 Å². The predicted molar refractivity (Wildman–Crippen MR) is 141 cm³/mol. The Hall–Kier alpha value is -2.06. The summed E-state index contributed by atoms with van der Waals surface area (Å²) < 4.78 is 0. The molecular formula is C29H46N4O. The highest BCUT2D eigenvalue weighted by Gasteiger charge is 2.26. The molecule has 1 saturated carbocycles. The summed E-state index contributed by atoms with van der Waals surface area (Å²) >= 11 is 0. The minimum Gasteiger partial charge on any atom is -0.369 e. The maximum Gasteiger partial charge on any atom is 0.234 e. The summed E-state index contributed by atoms with van der Waals surface area (Å²) in [4.78, 5) is 16.9. The van der Waals surface area contributed by atoms with E-state index in [1.807, 2.05) is 6.07 Å². The summed E-state index contributed by atoms with van der Waals surface area (Å²) in [6.07, 6.45) is 5.71. The summed E-state index contributed by atoms with van der Waals surface area (Å²) in [5.41, 5.74) is 4.53. The molecule has 1 aromatic rings. The molecule has 0 atom stereocenters. The first-order valence-corrected chi connectivity index (χ1v) is 13.3. The normalized spacial score (nSPS) is 22.3. The second kappa shape index (κ2) is 11.1. The molecule has 34 heavy (non-hydrogen) atoms. The van der Waals surface area contributed by atoms with Crippen molar-refractivity contribution >= 4 is 11.6 Å². The number of nitriles is 1. The van der Waals surface area contributed by atoms with Crippen LogP contribution in [0.2, 0.25) is 0 Å². The number of amides is 1. The zero-order valence-electron chi connectivity index (χ0n) is 22.4. The molecule has 2 fully saturated rings. The van der Waals surface area contributed by atoms with E-state index in [0.717, 1.165) is 44.9 Å². The van der Waals surface area contributed by atoms with Crippen molar-refractivity contribution in [1.29, 1.82) is 5.26 Å². The number of nitrogens with zero attached hydrogens (tertiary/aromatic N) is 3. The number of benzene rings is 1. The summed E-state index contributed by atoms with van der Waals surface area (Å²) in [6.45, 7) is 19.5. The Morgan fingerprint density at radius 1 is 0.941 bits per heavy atom. The minimum atomic E-state index is -0.119. The lowest BCUT2D eigenvalue weighted by atomic mass is 9.80. The maximum atomic E-state index is 11.6. The van der Waals surface area contributed by atoms with Gasteiger partial charge in [-0.05, 0) is 78.7 Å². The van der Waals surface area contributed by atoms with Gasteiger partial charge >= 0.3 is 0 Å². The van der Waals surface area contributed by atoms with Crippen LogP contribution in [0.3, 0.4) is 0 Å². The van der Waals surface area contributed by atoms with E-state index in [2.05, 4.69) is 74.9 Å². The van der Waals surface area contributed by atoms with Crippen LogP contribution in [0.25, 0.3) is 0 Å². The van der Waals surface area contributed by atoms with E-state index in [4.69, 9.17) is 5.26 Å². The van der Waals surface area contributed by atoms with Crippen LogP contribution in [0.15, 0.2) is 18.2 Å². The average Bonchev–Trinajstić information content (AvgIpc) is 2.78. The number of hydrogen-bond acceptors (Lipinski definition) is 4. The number of anilines is 1. The lowest BCUT2D eigenvalue weighted by Gasteiger charge is -2.38. The Morgan fingerprint density at radius 2 is 1.50 bits per heavy atom. The molecule has 1 N–H and O–H groups in total. The molecule has 5 nitrogen and oxygen atoms in total. The maximum absolute atomic E-state index is 11.6. The van der Waals surface area contributed by atoms with Crippen LogP contribution in [0, 0.1) is 17.2 Å². The van der Waals surface area contributed by atoms with Crippen LogP contribution in [-0.4, -0.2) is 49.6 Å². The minimum absolute atomic E-state index is 0.0239. The van der Waals surface area contributed by atoms with Crippen LogP contribution in [0.4, 0.5) is 5.69 Å². The topological polar surface area (TPSA) is 59.4 Å². The van der Waals surface area contributed by atoms with Crippen molar-refractivity contribution in [3.8, 4) is 6.07 Å². The highest BCUT2D eigenvalue weighted by Crippen LogP contribution is 2.34. The van der Waals surface area contributed by atoms with Gasteiger partial charge in [0.2, 0.25) is 5.91 Å². The first-order chi connectivity index (χ1) is 16.0. The molecule has 0 aromatic heterocycles. The fraction of sp³-hybridized carbons (Fsp3) is 0.724. The molecule has 1 amide bonds. The number of nitrogens with one attached hydrogen (secondary N) is 1. The predicted octanol–water partition coefficient (Wildman–Crippen LogP) is 5.38. The third kappa shape index (κ3) is 7.47. The van der Waals surface area contributed by atoms with Gasteiger partial charge in [0.15, 0.2) is 0 Å². The Balaban J connectivity index is 1.48. The molecule has 1 saturated heterocycles. The molecule has 1 aliphatic carbocycles. The van der Waals surface area contributed by atoms with E-state index < -0.39 is 0 Å². The van der Waals surface area contributed by atoms with Gasteiger partial charge in [0.25, 0.3) is 0 Å².